The van der Waals surface area contributed by atoms with E-state index in [4.69, 9.17) is 5.11 Å². The van der Waals surface area contributed by atoms with Gasteiger partial charge in [0.15, 0.2) is 0 Å². The van der Waals surface area contributed by atoms with Gasteiger partial charge >= 0.3 is 5.97 Å². The molecule has 0 aliphatic heterocycles. The molecule has 0 fully saturated rings. The van der Waals surface area contributed by atoms with Crippen molar-refractivity contribution in [1.29, 1.82) is 0 Å². The van der Waals surface area contributed by atoms with Gasteiger partial charge in [0.1, 0.15) is 10.6 Å². The Morgan fingerprint density at radius 1 is 1.62 bits per heavy atom. The molecule has 1 N–H and O–H groups in total. The van der Waals surface area contributed by atoms with Crippen molar-refractivity contribution >= 4 is 28.4 Å². The molecule has 0 bridgehead atoms. The lowest BCUT2D eigenvalue weighted by Gasteiger charge is -2.14. The number of aromatic nitrogens is 1. The summed E-state index contributed by atoms with van der Waals surface area (Å²) in [5.74, 6) is -1.28. The minimum atomic E-state index is -1.07. The lowest BCUT2D eigenvalue weighted by Crippen LogP contribution is -2.26. The average Bonchev–Trinajstić information content (AvgIpc) is 2.59. The van der Waals surface area contributed by atoms with Gasteiger partial charge in [-0.1, -0.05) is 6.08 Å². The van der Waals surface area contributed by atoms with Crippen molar-refractivity contribution in [3.63, 3.8) is 0 Å². The van der Waals surface area contributed by atoms with Crippen molar-refractivity contribution in [2.45, 2.75) is 13.3 Å². The molecule has 0 radical (unpaired) electrons. The molecule has 0 aliphatic carbocycles. The Labute approximate surface area is 97.2 Å². The molecule has 0 aromatic carbocycles. The van der Waals surface area contributed by atoms with E-state index >= 15 is 0 Å². The molecule has 0 saturated heterocycles. The highest BCUT2D eigenvalue weighted by molar-refractivity contribution is 7.11. The van der Waals surface area contributed by atoms with Crippen molar-refractivity contribution in [1.82, 2.24) is 4.37 Å². The van der Waals surface area contributed by atoms with Crippen LogP contribution in [0.2, 0.25) is 0 Å². The van der Waals surface area contributed by atoms with Gasteiger partial charge in [0.2, 0.25) is 5.91 Å². The molecule has 1 aromatic heterocycles. The molecule has 0 saturated carbocycles. The fourth-order valence-electron chi connectivity index (χ4n) is 1.21. The fraction of sp³-hybridized carbons (Fsp3) is 0.300. The van der Waals surface area contributed by atoms with E-state index in [1.165, 1.54) is 18.0 Å². The molecular formula is C10H12N2O3S. The molecule has 0 atom stereocenters. The number of rotatable bonds is 4. The first-order valence-electron chi connectivity index (χ1n) is 4.56. The number of carbonyl (C=O) groups excluding carboxylic acids is 1. The van der Waals surface area contributed by atoms with Gasteiger partial charge in [0, 0.05) is 13.5 Å². The lowest BCUT2D eigenvalue weighted by atomic mass is 10.2. The number of carboxylic acid groups (broad SMARTS) is 1. The van der Waals surface area contributed by atoms with Gasteiger partial charge < -0.3 is 10.0 Å². The van der Waals surface area contributed by atoms with Gasteiger partial charge in [-0.3, -0.25) is 4.79 Å². The van der Waals surface area contributed by atoms with E-state index < -0.39 is 5.97 Å². The fourth-order valence-corrected chi connectivity index (χ4v) is 2.07. The molecule has 16 heavy (non-hydrogen) atoms. The second-order valence-electron chi connectivity index (χ2n) is 3.20. The van der Waals surface area contributed by atoms with E-state index in [9.17, 15) is 9.59 Å². The van der Waals surface area contributed by atoms with Gasteiger partial charge in [-0.25, -0.2) is 4.79 Å². The third kappa shape index (κ3) is 2.27. The molecule has 1 heterocycles. The van der Waals surface area contributed by atoms with Crippen LogP contribution in [0.1, 0.15) is 22.5 Å². The second-order valence-corrected chi connectivity index (χ2v) is 3.95. The van der Waals surface area contributed by atoms with Crippen LogP contribution in [0.25, 0.3) is 0 Å². The van der Waals surface area contributed by atoms with Crippen molar-refractivity contribution in [2.75, 3.05) is 11.9 Å². The number of carboxylic acids is 1. The molecule has 1 rings (SSSR count). The summed E-state index contributed by atoms with van der Waals surface area (Å²) in [7, 11) is 1.53. The highest BCUT2D eigenvalue weighted by Gasteiger charge is 2.23. The van der Waals surface area contributed by atoms with Crippen LogP contribution in [0.5, 0.6) is 0 Å². The van der Waals surface area contributed by atoms with Gasteiger partial charge in [0.25, 0.3) is 0 Å². The summed E-state index contributed by atoms with van der Waals surface area (Å²) in [6, 6.07) is 0. The summed E-state index contributed by atoms with van der Waals surface area (Å²) in [4.78, 5) is 23.9. The van der Waals surface area contributed by atoms with E-state index in [1.807, 2.05) is 0 Å². The van der Waals surface area contributed by atoms with Crippen LogP contribution in [-0.4, -0.2) is 28.4 Å². The zero-order valence-corrected chi connectivity index (χ0v) is 9.87. The number of hydrogen-bond donors (Lipinski definition) is 1. The number of hydrogen-bond acceptors (Lipinski definition) is 4. The maximum absolute atomic E-state index is 11.6. The van der Waals surface area contributed by atoms with E-state index in [0.29, 0.717) is 10.7 Å². The monoisotopic (exact) mass is 240 g/mol. The molecule has 0 spiro atoms. The maximum Gasteiger partial charge on any atom is 0.340 e. The number of nitrogens with zero attached hydrogens (tertiary/aromatic N) is 2. The van der Waals surface area contributed by atoms with E-state index in [2.05, 4.69) is 11.0 Å². The summed E-state index contributed by atoms with van der Waals surface area (Å²) in [6.07, 6.45) is 1.65. The predicted octanol–water partition coefficient (Wildman–Crippen LogP) is 1.69. The van der Waals surface area contributed by atoms with Crippen LogP contribution in [-0.2, 0) is 4.79 Å². The van der Waals surface area contributed by atoms with Crippen LogP contribution >= 0.6 is 11.5 Å². The highest BCUT2D eigenvalue weighted by atomic mass is 32.1. The summed E-state index contributed by atoms with van der Waals surface area (Å²) < 4.78 is 3.94. The number of aryl methyl sites for hydroxylation is 1. The van der Waals surface area contributed by atoms with Crippen LogP contribution in [0.3, 0.4) is 0 Å². The molecule has 6 heteroatoms. The Hall–Kier alpha value is -1.69. The maximum atomic E-state index is 11.6. The molecular weight excluding hydrogens is 228 g/mol. The van der Waals surface area contributed by atoms with Gasteiger partial charge in [0.05, 0.1) is 5.69 Å². The molecule has 5 nitrogen and oxygen atoms in total. The first-order chi connectivity index (χ1) is 7.49. The SMILES string of the molecule is C=CCC(=O)N(C)c1snc(C)c1C(=O)O. The number of amides is 1. The van der Waals surface area contributed by atoms with Gasteiger partial charge in [-0.15, -0.1) is 6.58 Å². The Kier molecular flexibility index (Phi) is 3.78. The molecule has 0 aliphatic rings. The van der Waals surface area contributed by atoms with Gasteiger partial charge in [-0.05, 0) is 18.5 Å². The minimum absolute atomic E-state index is 0.0879. The van der Waals surface area contributed by atoms with Crippen LogP contribution < -0.4 is 4.90 Å². The minimum Gasteiger partial charge on any atom is -0.478 e. The first kappa shape index (κ1) is 12.4. The van der Waals surface area contributed by atoms with Gasteiger partial charge in [-0.2, -0.15) is 4.37 Å². The third-order valence-corrected chi connectivity index (χ3v) is 3.07. The summed E-state index contributed by atoms with van der Waals surface area (Å²) in [5.41, 5.74) is 0.510. The van der Waals surface area contributed by atoms with E-state index in [-0.39, 0.29) is 17.9 Å². The van der Waals surface area contributed by atoms with E-state index in [0.717, 1.165) is 11.5 Å². The van der Waals surface area contributed by atoms with Crippen LogP contribution in [0, 0.1) is 6.92 Å². The Morgan fingerprint density at radius 3 is 2.75 bits per heavy atom. The zero-order chi connectivity index (χ0) is 12.3. The van der Waals surface area contributed by atoms with Crippen LogP contribution in [0.15, 0.2) is 12.7 Å². The molecule has 0 unspecified atom stereocenters. The topological polar surface area (TPSA) is 70.5 Å². The van der Waals surface area contributed by atoms with Crippen molar-refractivity contribution in [3.05, 3.63) is 23.9 Å². The van der Waals surface area contributed by atoms with Crippen molar-refractivity contribution in [2.24, 2.45) is 0 Å². The largest absolute Gasteiger partial charge is 0.478 e. The second kappa shape index (κ2) is 4.89. The summed E-state index contributed by atoms with van der Waals surface area (Å²) >= 11 is 1.01. The Morgan fingerprint density at radius 2 is 2.25 bits per heavy atom. The standard InChI is InChI=1S/C10H12N2O3S/c1-4-5-7(13)12(3)9-8(10(14)15)6(2)11-16-9/h4H,1,5H2,2-3H3,(H,14,15). The van der Waals surface area contributed by atoms with E-state index in [1.54, 1.807) is 6.92 Å². The summed E-state index contributed by atoms with van der Waals surface area (Å²) in [6.45, 7) is 5.07. The Balaban J connectivity index is 3.08. The number of anilines is 1. The van der Waals surface area contributed by atoms with Crippen LogP contribution in [0.4, 0.5) is 5.00 Å². The lowest BCUT2D eigenvalue weighted by molar-refractivity contribution is -0.117. The number of carbonyl (C=O) groups is 2. The summed E-state index contributed by atoms with van der Waals surface area (Å²) in [5, 5.41) is 9.36. The van der Waals surface area contributed by atoms with Crippen molar-refractivity contribution in [3.8, 4) is 0 Å². The first-order valence-corrected chi connectivity index (χ1v) is 5.33. The molecule has 1 amide bonds. The smallest absolute Gasteiger partial charge is 0.340 e. The highest BCUT2D eigenvalue weighted by Crippen LogP contribution is 2.28. The molecule has 86 valence electrons. The zero-order valence-electron chi connectivity index (χ0n) is 9.06. The quantitative estimate of drug-likeness (QED) is 0.813. The third-order valence-electron chi connectivity index (χ3n) is 2.06. The number of aromatic carboxylic acids is 1. The molecule has 1 aromatic rings. The van der Waals surface area contributed by atoms with Crippen molar-refractivity contribution < 1.29 is 14.7 Å². The average molecular weight is 240 g/mol. The predicted molar refractivity (Wildman–Crippen MR) is 62.0 cm³/mol. The normalized spacial score (nSPS) is 9.88. The Bertz CT molecular complexity index is 439.